The van der Waals surface area contributed by atoms with Gasteiger partial charge in [0.1, 0.15) is 0 Å². The molecule has 0 nitrogen and oxygen atoms in total. The van der Waals surface area contributed by atoms with Gasteiger partial charge in [-0.25, -0.2) is 0 Å². The number of rotatable bonds is 1. The highest BCUT2D eigenvalue weighted by molar-refractivity contribution is 6.30. The van der Waals surface area contributed by atoms with Crippen LogP contribution in [0.25, 0.3) is 0 Å². The lowest BCUT2D eigenvalue weighted by Crippen LogP contribution is -1.97. The molecule has 0 aromatic heterocycles. The molecule has 1 unspecified atom stereocenters. The minimum Gasteiger partial charge on any atom is -0.0885 e. The lowest BCUT2D eigenvalue weighted by atomic mass is 9.95. The zero-order valence-corrected chi connectivity index (χ0v) is 8.04. The molecule has 0 N–H and O–H groups in total. The maximum absolute atomic E-state index is 6.13. The molecule has 0 spiro atoms. The van der Waals surface area contributed by atoms with E-state index in [0.29, 0.717) is 0 Å². The molecule has 1 atom stereocenters. The number of benzene rings is 1. The van der Waals surface area contributed by atoms with Crippen LogP contribution in [0.3, 0.4) is 0 Å². The topological polar surface area (TPSA) is 0 Å². The number of hydrogen-bond donors (Lipinski definition) is 0. The van der Waals surface area contributed by atoms with Crippen LogP contribution in [0, 0.1) is 0 Å². The third-order valence-corrected chi connectivity index (χ3v) is 2.62. The van der Waals surface area contributed by atoms with E-state index in [9.17, 15) is 0 Å². The summed E-state index contributed by atoms with van der Waals surface area (Å²) in [6, 6.07) is 10.3. The van der Waals surface area contributed by atoms with Crippen molar-refractivity contribution >= 4 is 11.6 Å². The first kappa shape index (κ1) is 8.58. The Morgan fingerprint density at radius 1 is 1.15 bits per heavy atom. The molecule has 66 valence electrons. The third kappa shape index (κ3) is 1.84. The smallest absolute Gasteiger partial charge is 0.0374 e. The minimum absolute atomic E-state index is 0.275. The van der Waals surface area contributed by atoms with Gasteiger partial charge in [0.25, 0.3) is 0 Å². The van der Waals surface area contributed by atoms with Gasteiger partial charge in [0.15, 0.2) is 0 Å². The standard InChI is InChI=1S/C12H11Cl/c13-12-9-5-4-8-11(12)10-6-2-1-3-7-10/h1-4,6-9,11H,5H2. The van der Waals surface area contributed by atoms with Crippen LogP contribution in [0.2, 0.25) is 0 Å². The minimum atomic E-state index is 0.275. The molecular formula is C12H11Cl. The van der Waals surface area contributed by atoms with Crippen molar-refractivity contribution in [1.82, 2.24) is 0 Å². The van der Waals surface area contributed by atoms with Crippen LogP contribution < -0.4 is 0 Å². The van der Waals surface area contributed by atoms with E-state index in [4.69, 9.17) is 11.6 Å². The van der Waals surface area contributed by atoms with Crippen LogP contribution in [0.15, 0.2) is 53.6 Å². The van der Waals surface area contributed by atoms with E-state index < -0.39 is 0 Å². The Kier molecular flexibility index (Phi) is 2.51. The lowest BCUT2D eigenvalue weighted by Gasteiger charge is -2.15. The molecule has 1 aliphatic rings. The summed E-state index contributed by atoms with van der Waals surface area (Å²) in [6.07, 6.45) is 7.35. The second-order valence-electron chi connectivity index (χ2n) is 3.14. The van der Waals surface area contributed by atoms with Crippen molar-refractivity contribution in [1.29, 1.82) is 0 Å². The summed E-state index contributed by atoms with van der Waals surface area (Å²) in [4.78, 5) is 0. The molecule has 13 heavy (non-hydrogen) atoms. The van der Waals surface area contributed by atoms with Crippen LogP contribution in [-0.2, 0) is 0 Å². The zero-order chi connectivity index (χ0) is 9.10. The van der Waals surface area contributed by atoms with Gasteiger partial charge in [0.05, 0.1) is 0 Å². The molecule has 0 radical (unpaired) electrons. The molecule has 0 fully saturated rings. The SMILES string of the molecule is ClC1=CCC=CC1c1ccccc1. The van der Waals surface area contributed by atoms with E-state index >= 15 is 0 Å². The van der Waals surface area contributed by atoms with Gasteiger partial charge < -0.3 is 0 Å². The summed E-state index contributed by atoms with van der Waals surface area (Å²) in [5.74, 6) is 0.275. The van der Waals surface area contributed by atoms with Crippen molar-refractivity contribution in [3.63, 3.8) is 0 Å². The third-order valence-electron chi connectivity index (χ3n) is 2.23. The molecule has 0 saturated carbocycles. The van der Waals surface area contributed by atoms with Gasteiger partial charge in [-0.15, -0.1) is 0 Å². The van der Waals surface area contributed by atoms with E-state index in [1.165, 1.54) is 5.56 Å². The molecule has 0 heterocycles. The van der Waals surface area contributed by atoms with Crippen LogP contribution in [-0.4, -0.2) is 0 Å². The Morgan fingerprint density at radius 3 is 2.62 bits per heavy atom. The first-order chi connectivity index (χ1) is 6.38. The van der Waals surface area contributed by atoms with E-state index in [0.717, 1.165) is 11.5 Å². The molecule has 0 bridgehead atoms. The second-order valence-corrected chi connectivity index (χ2v) is 3.58. The fourth-order valence-corrected chi connectivity index (χ4v) is 1.83. The van der Waals surface area contributed by atoms with Gasteiger partial charge in [-0.05, 0) is 12.0 Å². The summed E-state index contributed by atoms with van der Waals surface area (Å²) >= 11 is 6.13. The summed E-state index contributed by atoms with van der Waals surface area (Å²) in [7, 11) is 0. The molecular weight excluding hydrogens is 180 g/mol. The summed E-state index contributed by atoms with van der Waals surface area (Å²) in [5, 5.41) is 0.939. The molecule has 1 heteroatoms. The summed E-state index contributed by atoms with van der Waals surface area (Å²) in [6.45, 7) is 0. The van der Waals surface area contributed by atoms with Gasteiger partial charge in [0.2, 0.25) is 0 Å². The van der Waals surface area contributed by atoms with Gasteiger partial charge in [-0.1, -0.05) is 60.2 Å². The predicted octanol–water partition coefficient (Wildman–Crippen LogP) is 3.85. The van der Waals surface area contributed by atoms with E-state index in [1.807, 2.05) is 18.2 Å². The molecule has 1 aliphatic carbocycles. The molecule has 2 rings (SSSR count). The average Bonchev–Trinajstić information content (AvgIpc) is 2.20. The van der Waals surface area contributed by atoms with Crippen LogP contribution in [0.1, 0.15) is 17.9 Å². The van der Waals surface area contributed by atoms with Crippen molar-refractivity contribution in [2.75, 3.05) is 0 Å². The average molecular weight is 191 g/mol. The van der Waals surface area contributed by atoms with Crippen molar-refractivity contribution in [3.8, 4) is 0 Å². The second kappa shape index (κ2) is 3.80. The van der Waals surface area contributed by atoms with E-state index in [-0.39, 0.29) is 5.92 Å². The Morgan fingerprint density at radius 2 is 1.92 bits per heavy atom. The molecule has 1 aromatic rings. The van der Waals surface area contributed by atoms with E-state index in [1.54, 1.807) is 0 Å². The molecule has 0 aliphatic heterocycles. The van der Waals surface area contributed by atoms with Gasteiger partial charge in [0, 0.05) is 11.0 Å². The van der Waals surface area contributed by atoms with Crippen molar-refractivity contribution in [2.45, 2.75) is 12.3 Å². The van der Waals surface area contributed by atoms with Crippen molar-refractivity contribution < 1.29 is 0 Å². The van der Waals surface area contributed by atoms with Crippen molar-refractivity contribution in [2.24, 2.45) is 0 Å². The number of hydrogen-bond acceptors (Lipinski definition) is 0. The summed E-state index contributed by atoms with van der Waals surface area (Å²) in [5.41, 5.74) is 1.26. The normalized spacial score (nSPS) is 21.3. The predicted molar refractivity (Wildman–Crippen MR) is 56.9 cm³/mol. The fraction of sp³-hybridized carbons (Fsp3) is 0.167. The molecule has 0 saturated heterocycles. The highest BCUT2D eigenvalue weighted by Gasteiger charge is 2.12. The van der Waals surface area contributed by atoms with Crippen LogP contribution >= 0.6 is 11.6 Å². The van der Waals surface area contributed by atoms with Gasteiger partial charge in [-0.2, -0.15) is 0 Å². The Balaban J connectivity index is 2.31. The molecule has 1 aromatic carbocycles. The highest BCUT2D eigenvalue weighted by atomic mass is 35.5. The Hall–Kier alpha value is -1.01. The fourth-order valence-electron chi connectivity index (χ4n) is 1.54. The zero-order valence-electron chi connectivity index (χ0n) is 7.28. The molecule has 0 amide bonds. The maximum Gasteiger partial charge on any atom is 0.0374 e. The van der Waals surface area contributed by atoms with Crippen LogP contribution in [0.5, 0.6) is 0 Å². The quantitative estimate of drug-likeness (QED) is 0.590. The maximum atomic E-state index is 6.13. The summed E-state index contributed by atoms with van der Waals surface area (Å²) < 4.78 is 0. The Labute approximate surface area is 83.5 Å². The first-order valence-electron chi connectivity index (χ1n) is 4.45. The van der Waals surface area contributed by atoms with Crippen LogP contribution in [0.4, 0.5) is 0 Å². The monoisotopic (exact) mass is 190 g/mol. The number of halogens is 1. The van der Waals surface area contributed by atoms with Gasteiger partial charge >= 0.3 is 0 Å². The highest BCUT2D eigenvalue weighted by Crippen LogP contribution is 2.31. The lowest BCUT2D eigenvalue weighted by molar-refractivity contribution is 1.01. The van der Waals surface area contributed by atoms with Crippen molar-refractivity contribution in [3.05, 3.63) is 59.2 Å². The number of allylic oxidation sites excluding steroid dienone is 4. The van der Waals surface area contributed by atoms with E-state index in [2.05, 4.69) is 30.4 Å². The first-order valence-corrected chi connectivity index (χ1v) is 4.83. The Bertz CT molecular complexity index is 335. The van der Waals surface area contributed by atoms with Gasteiger partial charge in [-0.3, -0.25) is 0 Å². The largest absolute Gasteiger partial charge is 0.0885 e.